The van der Waals surface area contributed by atoms with Crippen molar-refractivity contribution in [3.8, 4) is 0 Å². The second-order valence-electron chi connectivity index (χ2n) is 5.29. The van der Waals surface area contributed by atoms with Gasteiger partial charge in [0.2, 0.25) is 17.7 Å². The van der Waals surface area contributed by atoms with E-state index in [1.807, 2.05) is 5.32 Å². The Labute approximate surface area is 142 Å². The molecular weight excluding hydrogens is 340 g/mol. The summed E-state index contributed by atoms with van der Waals surface area (Å²) in [6.07, 6.45) is -2.19. The van der Waals surface area contributed by atoms with Crippen molar-refractivity contribution < 1.29 is 39.3 Å². The lowest BCUT2D eigenvalue weighted by molar-refractivity contribution is -0.142. The fourth-order valence-electron chi connectivity index (χ4n) is 1.62. The Morgan fingerprint density at radius 2 is 1.48 bits per heavy atom. The number of nitrogens with one attached hydrogen (secondary N) is 3. The zero-order chi connectivity index (χ0) is 19.7. The summed E-state index contributed by atoms with van der Waals surface area (Å²) in [6, 6.07) is -4.05. The quantitative estimate of drug-likeness (QED) is 0.204. The molecule has 3 amide bonds. The van der Waals surface area contributed by atoms with Gasteiger partial charge in [0.15, 0.2) is 0 Å². The zero-order valence-electron chi connectivity index (χ0n) is 13.7. The van der Waals surface area contributed by atoms with Gasteiger partial charge in [0, 0.05) is 0 Å². The fourth-order valence-corrected chi connectivity index (χ4v) is 1.62. The maximum atomic E-state index is 12.2. The topological polar surface area (TPSA) is 208 Å². The van der Waals surface area contributed by atoms with Gasteiger partial charge in [-0.3, -0.25) is 24.0 Å². The van der Waals surface area contributed by atoms with E-state index in [1.54, 1.807) is 0 Å². The molecule has 0 bridgehead atoms. The number of carbonyl (C=O) groups excluding carboxylic acids is 3. The molecular formula is C13H22N4O8. The van der Waals surface area contributed by atoms with Crippen LogP contribution in [0.25, 0.3) is 0 Å². The fraction of sp³-hybridized carbons (Fsp3) is 0.615. The number of rotatable bonds is 10. The van der Waals surface area contributed by atoms with E-state index < -0.39 is 66.9 Å². The predicted octanol–water partition coefficient (Wildman–Crippen LogP) is -3.64. The van der Waals surface area contributed by atoms with Crippen LogP contribution >= 0.6 is 0 Å². The van der Waals surface area contributed by atoms with E-state index in [0.717, 1.165) is 0 Å². The van der Waals surface area contributed by atoms with Crippen LogP contribution in [-0.4, -0.2) is 75.8 Å². The number of hydrogen-bond acceptors (Lipinski definition) is 7. The number of aliphatic hydroxyl groups is 1. The normalized spacial score (nSPS) is 15.2. The molecule has 0 rings (SSSR count). The second-order valence-corrected chi connectivity index (χ2v) is 5.29. The van der Waals surface area contributed by atoms with Gasteiger partial charge in [-0.25, -0.2) is 0 Å². The van der Waals surface area contributed by atoms with Crippen LogP contribution in [0.1, 0.15) is 20.3 Å². The Morgan fingerprint density at radius 1 is 0.920 bits per heavy atom. The Bertz CT molecular complexity index is 534. The molecule has 4 unspecified atom stereocenters. The van der Waals surface area contributed by atoms with Crippen LogP contribution in [0.2, 0.25) is 0 Å². The first-order valence-electron chi connectivity index (χ1n) is 7.21. The molecule has 8 N–H and O–H groups in total. The predicted molar refractivity (Wildman–Crippen MR) is 82.1 cm³/mol. The summed E-state index contributed by atoms with van der Waals surface area (Å²) in [4.78, 5) is 56.8. The van der Waals surface area contributed by atoms with Crippen molar-refractivity contribution >= 4 is 29.7 Å². The molecule has 0 fully saturated rings. The molecule has 0 aliphatic rings. The molecule has 0 spiro atoms. The van der Waals surface area contributed by atoms with Crippen molar-refractivity contribution in [3.05, 3.63) is 0 Å². The average Bonchev–Trinajstić information content (AvgIpc) is 2.47. The monoisotopic (exact) mass is 362 g/mol. The number of carboxylic acid groups (broad SMARTS) is 2. The molecule has 25 heavy (non-hydrogen) atoms. The molecule has 0 aromatic heterocycles. The first-order chi connectivity index (χ1) is 11.5. The van der Waals surface area contributed by atoms with Gasteiger partial charge in [-0.05, 0) is 13.8 Å². The third-order valence-electron chi connectivity index (χ3n) is 2.90. The van der Waals surface area contributed by atoms with Crippen LogP contribution in [0, 0.1) is 0 Å². The number of carboxylic acids is 2. The summed E-state index contributed by atoms with van der Waals surface area (Å²) >= 11 is 0. The summed E-state index contributed by atoms with van der Waals surface area (Å²) in [5, 5.41) is 33.1. The van der Waals surface area contributed by atoms with Gasteiger partial charge in [-0.1, -0.05) is 0 Å². The lowest BCUT2D eigenvalue weighted by atomic mass is 10.1. The van der Waals surface area contributed by atoms with Gasteiger partial charge in [0.1, 0.15) is 18.6 Å². The zero-order valence-corrected chi connectivity index (χ0v) is 13.7. The van der Waals surface area contributed by atoms with E-state index >= 15 is 0 Å². The molecule has 0 saturated heterocycles. The van der Waals surface area contributed by atoms with E-state index in [-0.39, 0.29) is 0 Å². The van der Waals surface area contributed by atoms with Crippen molar-refractivity contribution in [2.75, 3.05) is 6.54 Å². The highest BCUT2D eigenvalue weighted by Crippen LogP contribution is 1.99. The Morgan fingerprint density at radius 3 is 1.88 bits per heavy atom. The van der Waals surface area contributed by atoms with Crippen molar-refractivity contribution in [1.82, 2.24) is 16.0 Å². The third kappa shape index (κ3) is 8.62. The number of aliphatic hydroxyl groups excluding tert-OH is 1. The van der Waals surface area contributed by atoms with E-state index in [9.17, 15) is 29.1 Å². The van der Waals surface area contributed by atoms with Crippen molar-refractivity contribution in [2.45, 2.75) is 44.5 Å². The number of hydrogen-bond donors (Lipinski definition) is 7. The highest BCUT2D eigenvalue weighted by Gasteiger charge is 2.31. The number of aliphatic carboxylic acids is 2. The van der Waals surface area contributed by atoms with E-state index in [2.05, 4.69) is 10.6 Å². The molecule has 0 aromatic carbocycles. The van der Waals surface area contributed by atoms with Crippen molar-refractivity contribution in [2.24, 2.45) is 5.73 Å². The number of nitrogens with two attached hydrogens (primary N) is 1. The SMILES string of the molecule is CC(N)C(=O)NC(C(=O)NC(CC(=O)O)C(=O)NCC(=O)O)C(C)O. The Hall–Kier alpha value is -2.73. The number of carbonyl (C=O) groups is 5. The summed E-state index contributed by atoms with van der Waals surface area (Å²) in [6.45, 7) is 1.77. The van der Waals surface area contributed by atoms with Gasteiger partial charge >= 0.3 is 11.9 Å². The molecule has 12 nitrogen and oxygen atoms in total. The van der Waals surface area contributed by atoms with Gasteiger partial charge in [0.05, 0.1) is 18.6 Å². The molecule has 142 valence electrons. The average molecular weight is 362 g/mol. The van der Waals surface area contributed by atoms with Gasteiger partial charge in [-0.2, -0.15) is 0 Å². The summed E-state index contributed by atoms with van der Waals surface area (Å²) in [7, 11) is 0. The van der Waals surface area contributed by atoms with E-state index in [0.29, 0.717) is 0 Å². The van der Waals surface area contributed by atoms with Gasteiger partial charge < -0.3 is 37.0 Å². The molecule has 4 atom stereocenters. The maximum absolute atomic E-state index is 12.2. The Kier molecular flexibility index (Phi) is 9.09. The highest BCUT2D eigenvalue weighted by molar-refractivity contribution is 5.95. The van der Waals surface area contributed by atoms with Crippen molar-refractivity contribution in [3.63, 3.8) is 0 Å². The minimum Gasteiger partial charge on any atom is -0.481 e. The summed E-state index contributed by atoms with van der Waals surface area (Å²) in [5.74, 6) is -5.60. The van der Waals surface area contributed by atoms with Crippen LogP contribution in [-0.2, 0) is 24.0 Å². The van der Waals surface area contributed by atoms with E-state index in [1.165, 1.54) is 13.8 Å². The summed E-state index contributed by atoms with van der Waals surface area (Å²) < 4.78 is 0. The minimum absolute atomic E-state index is 0.744. The van der Waals surface area contributed by atoms with Crippen LogP contribution in [0.15, 0.2) is 0 Å². The molecule has 0 aromatic rings. The first kappa shape index (κ1) is 22.3. The maximum Gasteiger partial charge on any atom is 0.322 e. The largest absolute Gasteiger partial charge is 0.481 e. The second kappa shape index (κ2) is 10.2. The smallest absolute Gasteiger partial charge is 0.322 e. The van der Waals surface area contributed by atoms with Gasteiger partial charge in [-0.15, -0.1) is 0 Å². The highest BCUT2D eigenvalue weighted by atomic mass is 16.4. The van der Waals surface area contributed by atoms with Gasteiger partial charge in [0.25, 0.3) is 0 Å². The summed E-state index contributed by atoms with van der Waals surface area (Å²) in [5.41, 5.74) is 5.34. The first-order valence-corrected chi connectivity index (χ1v) is 7.21. The molecule has 0 aliphatic carbocycles. The lowest BCUT2D eigenvalue weighted by Gasteiger charge is -2.24. The van der Waals surface area contributed by atoms with E-state index in [4.69, 9.17) is 15.9 Å². The Balaban J connectivity index is 5.12. The minimum atomic E-state index is -1.60. The van der Waals surface area contributed by atoms with Crippen LogP contribution in [0.3, 0.4) is 0 Å². The molecule has 0 aliphatic heterocycles. The van der Waals surface area contributed by atoms with Crippen molar-refractivity contribution in [1.29, 1.82) is 0 Å². The molecule has 0 heterocycles. The molecule has 0 saturated carbocycles. The van der Waals surface area contributed by atoms with Crippen LogP contribution < -0.4 is 21.7 Å². The standard InChI is InChI=1S/C13H22N4O8/c1-5(14)11(23)17-10(6(2)18)13(25)16-7(3-8(19)20)12(24)15-4-9(21)22/h5-7,10,18H,3-4,14H2,1-2H3,(H,15,24)(H,16,25)(H,17,23)(H,19,20)(H,21,22). The van der Waals surface area contributed by atoms with Crippen LogP contribution in [0.4, 0.5) is 0 Å². The molecule has 12 heteroatoms. The third-order valence-corrected chi connectivity index (χ3v) is 2.90. The lowest BCUT2D eigenvalue weighted by Crippen LogP contribution is -2.59. The van der Waals surface area contributed by atoms with Crippen LogP contribution in [0.5, 0.6) is 0 Å². The molecule has 0 radical (unpaired) electrons. The number of amides is 3.